The molecule has 0 radical (unpaired) electrons. The van der Waals surface area contributed by atoms with Crippen molar-refractivity contribution in [1.29, 1.82) is 0 Å². The number of hydrogen-bond donors (Lipinski definition) is 0. The van der Waals surface area contributed by atoms with Gasteiger partial charge in [0.2, 0.25) is 0 Å². The van der Waals surface area contributed by atoms with E-state index in [4.69, 9.17) is 9.31 Å². The van der Waals surface area contributed by atoms with E-state index in [1.165, 1.54) is 23.1 Å². The van der Waals surface area contributed by atoms with Crippen LogP contribution in [0.2, 0.25) is 0 Å². The maximum absolute atomic E-state index is 6.12. The Kier molecular flexibility index (Phi) is 4.59. The molecule has 3 rings (SSSR count). The zero-order valence-electron chi connectivity index (χ0n) is 15.4. The van der Waals surface area contributed by atoms with Crippen LogP contribution in [-0.4, -0.2) is 18.3 Å². The van der Waals surface area contributed by atoms with Gasteiger partial charge in [-0.2, -0.15) is 0 Å². The van der Waals surface area contributed by atoms with Crippen LogP contribution in [0.5, 0.6) is 0 Å². The second-order valence-corrected chi connectivity index (χ2v) is 7.66. The summed E-state index contributed by atoms with van der Waals surface area (Å²) < 4.78 is 12.2. The van der Waals surface area contributed by atoms with Crippen molar-refractivity contribution >= 4 is 12.6 Å². The van der Waals surface area contributed by atoms with Crippen molar-refractivity contribution in [2.45, 2.75) is 58.7 Å². The van der Waals surface area contributed by atoms with E-state index in [2.05, 4.69) is 83.1 Å². The molecule has 0 aromatic heterocycles. The molecule has 2 nitrogen and oxygen atoms in total. The Hall–Kier alpha value is -1.58. The molecule has 24 heavy (non-hydrogen) atoms. The van der Waals surface area contributed by atoms with Gasteiger partial charge in [-0.1, -0.05) is 61.9 Å². The first kappa shape index (κ1) is 17.3. The second-order valence-electron chi connectivity index (χ2n) is 7.66. The van der Waals surface area contributed by atoms with Crippen molar-refractivity contribution in [2.24, 2.45) is 0 Å². The van der Waals surface area contributed by atoms with Crippen LogP contribution in [0.4, 0.5) is 0 Å². The lowest BCUT2D eigenvalue weighted by Gasteiger charge is -2.32. The average molecular weight is 322 g/mol. The van der Waals surface area contributed by atoms with E-state index in [0.29, 0.717) is 0 Å². The first-order valence-corrected chi connectivity index (χ1v) is 8.87. The maximum Gasteiger partial charge on any atom is 0.494 e. The van der Waals surface area contributed by atoms with Crippen molar-refractivity contribution in [3.63, 3.8) is 0 Å². The monoisotopic (exact) mass is 322 g/mol. The lowest BCUT2D eigenvalue weighted by atomic mass is 9.78. The Morgan fingerprint density at radius 2 is 1.21 bits per heavy atom. The van der Waals surface area contributed by atoms with Gasteiger partial charge >= 0.3 is 7.12 Å². The normalized spacial score (nSPS) is 18.8. The summed E-state index contributed by atoms with van der Waals surface area (Å²) in [6.07, 6.45) is 2.32. The molecule has 1 aliphatic rings. The third-order valence-corrected chi connectivity index (χ3v) is 5.26. The first-order valence-electron chi connectivity index (χ1n) is 8.87. The molecule has 1 saturated heterocycles. The SMILES string of the molecule is CCCc1ccc(-c2ccc(B3OC(C)(C)C(C)(C)O3)cc2)cc1. The van der Waals surface area contributed by atoms with Crippen LogP contribution < -0.4 is 5.46 Å². The van der Waals surface area contributed by atoms with Crippen molar-refractivity contribution in [3.05, 3.63) is 54.1 Å². The molecule has 0 spiro atoms. The van der Waals surface area contributed by atoms with E-state index >= 15 is 0 Å². The number of rotatable bonds is 4. The molecule has 0 saturated carbocycles. The summed E-state index contributed by atoms with van der Waals surface area (Å²) >= 11 is 0. The van der Waals surface area contributed by atoms with Crippen LogP contribution in [0.1, 0.15) is 46.6 Å². The van der Waals surface area contributed by atoms with Crippen LogP contribution in [0.25, 0.3) is 11.1 Å². The van der Waals surface area contributed by atoms with Gasteiger partial charge in [0.15, 0.2) is 0 Å². The topological polar surface area (TPSA) is 18.5 Å². The number of aryl methyl sites for hydroxylation is 1. The van der Waals surface area contributed by atoms with Gasteiger partial charge < -0.3 is 9.31 Å². The fourth-order valence-corrected chi connectivity index (χ4v) is 2.96. The summed E-state index contributed by atoms with van der Waals surface area (Å²) in [5, 5.41) is 0. The van der Waals surface area contributed by atoms with Gasteiger partial charge in [-0.3, -0.25) is 0 Å². The highest BCUT2D eigenvalue weighted by Gasteiger charge is 2.51. The summed E-state index contributed by atoms with van der Waals surface area (Å²) in [7, 11) is -0.295. The van der Waals surface area contributed by atoms with E-state index in [9.17, 15) is 0 Å². The molecule has 0 N–H and O–H groups in total. The zero-order valence-corrected chi connectivity index (χ0v) is 15.4. The molecule has 1 aliphatic heterocycles. The summed E-state index contributed by atoms with van der Waals surface area (Å²) in [4.78, 5) is 0. The molecule has 1 heterocycles. The summed E-state index contributed by atoms with van der Waals surface area (Å²) in [5.41, 5.74) is 4.33. The lowest BCUT2D eigenvalue weighted by molar-refractivity contribution is 0.00578. The minimum absolute atomic E-state index is 0.295. The summed E-state index contributed by atoms with van der Waals surface area (Å²) in [5.74, 6) is 0. The Morgan fingerprint density at radius 1 is 0.750 bits per heavy atom. The molecule has 0 bridgehead atoms. The van der Waals surface area contributed by atoms with E-state index in [1.54, 1.807) is 0 Å². The van der Waals surface area contributed by atoms with Crippen molar-refractivity contribution in [1.82, 2.24) is 0 Å². The average Bonchev–Trinajstić information content (AvgIpc) is 2.77. The minimum Gasteiger partial charge on any atom is -0.399 e. The Bertz CT molecular complexity index is 671. The van der Waals surface area contributed by atoms with Gasteiger partial charge in [0, 0.05) is 0 Å². The second kappa shape index (κ2) is 6.38. The molecule has 2 aromatic carbocycles. The maximum atomic E-state index is 6.12. The molecular formula is C21H27BO2. The van der Waals surface area contributed by atoms with Crippen molar-refractivity contribution < 1.29 is 9.31 Å². The highest BCUT2D eigenvalue weighted by molar-refractivity contribution is 6.62. The fourth-order valence-electron chi connectivity index (χ4n) is 2.96. The van der Waals surface area contributed by atoms with Gasteiger partial charge in [-0.25, -0.2) is 0 Å². The fraction of sp³-hybridized carbons (Fsp3) is 0.429. The Labute approximate surface area is 146 Å². The Morgan fingerprint density at radius 3 is 1.67 bits per heavy atom. The predicted octanol–water partition coefficient (Wildman–Crippen LogP) is 4.61. The third kappa shape index (κ3) is 3.29. The van der Waals surface area contributed by atoms with Crippen LogP contribution in [-0.2, 0) is 15.7 Å². The highest BCUT2D eigenvalue weighted by atomic mass is 16.7. The van der Waals surface area contributed by atoms with Gasteiger partial charge in [-0.15, -0.1) is 0 Å². The summed E-state index contributed by atoms with van der Waals surface area (Å²) in [6, 6.07) is 17.4. The molecule has 2 aromatic rings. The van der Waals surface area contributed by atoms with Gasteiger partial charge in [0.1, 0.15) is 0 Å². The van der Waals surface area contributed by atoms with E-state index in [0.717, 1.165) is 11.9 Å². The van der Waals surface area contributed by atoms with Crippen molar-refractivity contribution in [2.75, 3.05) is 0 Å². The van der Waals surface area contributed by atoms with E-state index in [1.807, 2.05) is 0 Å². The Balaban J connectivity index is 1.76. The smallest absolute Gasteiger partial charge is 0.399 e. The van der Waals surface area contributed by atoms with Gasteiger partial charge in [0.25, 0.3) is 0 Å². The van der Waals surface area contributed by atoms with Crippen LogP contribution >= 0.6 is 0 Å². The highest BCUT2D eigenvalue weighted by Crippen LogP contribution is 2.36. The lowest BCUT2D eigenvalue weighted by Crippen LogP contribution is -2.41. The molecule has 0 aliphatic carbocycles. The quantitative estimate of drug-likeness (QED) is 0.766. The minimum atomic E-state index is -0.300. The summed E-state index contributed by atoms with van der Waals surface area (Å²) in [6.45, 7) is 10.5. The molecule has 0 amide bonds. The van der Waals surface area contributed by atoms with Crippen LogP contribution in [0.15, 0.2) is 48.5 Å². The standard InChI is InChI=1S/C21H27BO2/c1-6-7-16-8-10-17(11-9-16)18-12-14-19(15-13-18)22-23-20(2,3)21(4,5)24-22/h8-15H,6-7H2,1-5H3. The molecule has 3 heteroatoms. The van der Waals surface area contributed by atoms with Gasteiger partial charge in [-0.05, 0) is 56.3 Å². The molecular weight excluding hydrogens is 295 g/mol. The molecule has 0 atom stereocenters. The van der Waals surface area contributed by atoms with Crippen molar-refractivity contribution in [3.8, 4) is 11.1 Å². The molecule has 0 unspecified atom stereocenters. The molecule has 126 valence electrons. The van der Waals surface area contributed by atoms with Crippen LogP contribution in [0, 0.1) is 0 Å². The number of hydrogen-bond acceptors (Lipinski definition) is 2. The van der Waals surface area contributed by atoms with Gasteiger partial charge in [0.05, 0.1) is 11.2 Å². The van der Waals surface area contributed by atoms with E-state index in [-0.39, 0.29) is 18.3 Å². The zero-order chi connectivity index (χ0) is 17.4. The van der Waals surface area contributed by atoms with Crippen LogP contribution in [0.3, 0.4) is 0 Å². The predicted molar refractivity (Wildman–Crippen MR) is 102 cm³/mol. The number of benzene rings is 2. The van der Waals surface area contributed by atoms with E-state index < -0.39 is 0 Å². The molecule has 1 fully saturated rings. The first-order chi connectivity index (χ1) is 11.3. The third-order valence-electron chi connectivity index (χ3n) is 5.26. The largest absolute Gasteiger partial charge is 0.494 e.